The zero-order chi connectivity index (χ0) is 12.4. The van der Waals surface area contributed by atoms with Crippen molar-refractivity contribution >= 4 is 16.6 Å². The van der Waals surface area contributed by atoms with Crippen LogP contribution in [0.1, 0.15) is 23.4 Å². The van der Waals surface area contributed by atoms with E-state index in [9.17, 15) is 0 Å². The van der Waals surface area contributed by atoms with Gasteiger partial charge in [0.15, 0.2) is 11.9 Å². The molecule has 2 atom stereocenters. The van der Waals surface area contributed by atoms with Crippen LogP contribution in [0.15, 0.2) is 48.5 Å². The molecule has 2 aliphatic heterocycles. The van der Waals surface area contributed by atoms with Crippen molar-refractivity contribution in [3.05, 3.63) is 59.8 Å². The Morgan fingerprint density at radius 1 is 0.947 bits per heavy atom. The van der Waals surface area contributed by atoms with Gasteiger partial charge in [0, 0.05) is 22.2 Å². The highest BCUT2D eigenvalue weighted by Crippen LogP contribution is 2.54. The van der Waals surface area contributed by atoms with E-state index in [0.29, 0.717) is 0 Å². The van der Waals surface area contributed by atoms with Crippen LogP contribution in [-0.4, -0.2) is 4.98 Å². The molecule has 0 fully saturated rings. The zero-order valence-electron chi connectivity index (χ0n) is 10.2. The van der Waals surface area contributed by atoms with Crippen LogP contribution in [0, 0.1) is 0 Å². The van der Waals surface area contributed by atoms with Crippen LogP contribution >= 0.6 is 0 Å². The number of benzene rings is 2. The van der Waals surface area contributed by atoms with Crippen molar-refractivity contribution in [3.8, 4) is 5.75 Å². The quantitative estimate of drug-likeness (QED) is 0.635. The summed E-state index contributed by atoms with van der Waals surface area (Å²) in [5, 5.41) is 4.73. The Balaban J connectivity index is 1.72. The molecule has 5 rings (SSSR count). The van der Waals surface area contributed by atoms with Gasteiger partial charge in [0.1, 0.15) is 6.04 Å². The number of aromatic nitrogens is 1. The highest BCUT2D eigenvalue weighted by Gasteiger charge is 2.43. The van der Waals surface area contributed by atoms with E-state index in [4.69, 9.17) is 4.74 Å². The van der Waals surface area contributed by atoms with Gasteiger partial charge >= 0.3 is 0 Å². The molecule has 3 aromatic rings. The predicted molar refractivity (Wildman–Crippen MR) is 74.5 cm³/mol. The van der Waals surface area contributed by atoms with Gasteiger partial charge in [-0.15, -0.1) is 0 Å². The van der Waals surface area contributed by atoms with Gasteiger partial charge in [0.25, 0.3) is 0 Å². The van der Waals surface area contributed by atoms with Gasteiger partial charge in [-0.1, -0.05) is 30.3 Å². The van der Waals surface area contributed by atoms with Gasteiger partial charge < -0.3 is 15.0 Å². The van der Waals surface area contributed by atoms with Gasteiger partial charge in [-0.05, 0) is 18.2 Å². The number of anilines is 1. The molecule has 2 N–H and O–H groups in total. The second kappa shape index (κ2) is 3.12. The number of fused-ring (bicyclic) bond motifs is 7. The van der Waals surface area contributed by atoms with Crippen molar-refractivity contribution in [2.75, 3.05) is 5.32 Å². The Morgan fingerprint density at radius 2 is 1.79 bits per heavy atom. The molecule has 0 saturated carbocycles. The summed E-state index contributed by atoms with van der Waals surface area (Å²) in [6.45, 7) is 0. The average molecular weight is 248 g/mol. The van der Waals surface area contributed by atoms with Crippen LogP contribution in [0.4, 0.5) is 5.69 Å². The van der Waals surface area contributed by atoms with Crippen LogP contribution in [0.5, 0.6) is 5.75 Å². The largest absolute Gasteiger partial charge is 0.480 e. The van der Waals surface area contributed by atoms with E-state index in [1.165, 1.54) is 22.3 Å². The standard InChI is InChI=1S/C16H12N2O/c1-3-7-11-9(5-1)15-13(17-11)14-16(19-15)10-6-2-4-8-12(10)18-14/h1-8,13,15,17-18H. The van der Waals surface area contributed by atoms with Crippen LogP contribution in [0.3, 0.4) is 0 Å². The number of nitrogens with one attached hydrogen (secondary N) is 2. The highest BCUT2D eigenvalue weighted by atomic mass is 16.5. The van der Waals surface area contributed by atoms with Crippen LogP contribution in [-0.2, 0) is 0 Å². The van der Waals surface area contributed by atoms with E-state index in [-0.39, 0.29) is 12.1 Å². The van der Waals surface area contributed by atoms with E-state index in [2.05, 4.69) is 52.8 Å². The molecule has 0 spiro atoms. The predicted octanol–water partition coefficient (Wildman–Crippen LogP) is 3.77. The summed E-state index contributed by atoms with van der Waals surface area (Å²) < 4.78 is 6.22. The lowest BCUT2D eigenvalue weighted by Crippen LogP contribution is -2.09. The highest BCUT2D eigenvalue weighted by molar-refractivity contribution is 5.89. The maximum absolute atomic E-state index is 6.22. The molecule has 92 valence electrons. The van der Waals surface area contributed by atoms with E-state index in [1.807, 2.05) is 6.07 Å². The van der Waals surface area contributed by atoms with Crippen molar-refractivity contribution in [1.82, 2.24) is 4.98 Å². The van der Waals surface area contributed by atoms with Gasteiger partial charge in [0.05, 0.1) is 5.69 Å². The van der Waals surface area contributed by atoms with Gasteiger partial charge in [-0.25, -0.2) is 0 Å². The lowest BCUT2D eigenvalue weighted by molar-refractivity contribution is 0.230. The van der Waals surface area contributed by atoms with Crippen molar-refractivity contribution in [2.45, 2.75) is 12.1 Å². The minimum Gasteiger partial charge on any atom is -0.480 e. The Morgan fingerprint density at radius 3 is 2.79 bits per heavy atom. The minimum atomic E-state index is 0.0991. The molecule has 0 saturated heterocycles. The SMILES string of the molecule is c1ccc2c(c1)NC1c3[nH]c4ccccc4c3OC21. The molecule has 0 amide bonds. The Kier molecular flexibility index (Phi) is 1.56. The van der Waals surface area contributed by atoms with E-state index >= 15 is 0 Å². The van der Waals surface area contributed by atoms with Crippen LogP contribution in [0.2, 0.25) is 0 Å². The first-order valence-corrected chi connectivity index (χ1v) is 6.54. The molecule has 19 heavy (non-hydrogen) atoms. The molecular formula is C16H12N2O. The number of H-pyrrole nitrogens is 1. The third kappa shape index (κ3) is 1.08. The lowest BCUT2D eigenvalue weighted by Gasteiger charge is -2.10. The summed E-state index contributed by atoms with van der Waals surface area (Å²) in [4.78, 5) is 3.49. The Labute approximate surface area is 110 Å². The second-order valence-corrected chi connectivity index (χ2v) is 5.16. The van der Waals surface area contributed by atoms with Crippen LogP contribution < -0.4 is 10.1 Å². The molecule has 2 unspecified atom stereocenters. The first-order chi connectivity index (χ1) is 9.42. The van der Waals surface area contributed by atoms with Gasteiger partial charge in [-0.2, -0.15) is 0 Å². The first-order valence-electron chi connectivity index (χ1n) is 6.54. The fourth-order valence-electron chi connectivity index (χ4n) is 3.26. The number of hydrogen-bond donors (Lipinski definition) is 2. The number of ether oxygens (including phenoxy) is 1. The average Bonchev–Trinajstić information content (AvgIpc) is 3.07. The fourth-order valence-corrected chi connectivity index (χ4v) is 3.26. The smallest absolute Gasteiger partial charge is 0.152 e. The topological polar surface area (TPSA) is 37.0 Å². The monoisotopic (exact) mass is 248 g/mol. The molecule has 3 heterocycles. The van der Waals surface area contributed by atoms with Crippen molar-refractivity contribution in [3.63, 3.8) is 0 Å². The van der Waals surface area contributed by atoms with E-state index < -0.39 is 0 Å². The second-order valence-electron chi connectivity index (χ2n) is 5.16. The summed E-state index contributed by atoms with van der Waals surface area (Å²) in [7, 11) is 0. The zero-order valence-corrected chi connectivity index (χ0v) is 10.2. The number of aromatic amines is 1. The molecule has 0 bridgehead atoms. The maximum Gasteiger partial charge on any atom is 0.152 e. The summed E-state index contributed by atoms with van der Waals surface area (Å²) >= 11 is 0. The summed E-state index contributed by atoms with van der Waals surface area (Å²) in [5.41, 5.74) is 4.74. The molecule has 2 aliphatic rings. The Hall–Kier alpha value is -2.42. The van der Waals surface area contributed by atoms with Crippen molar-refractivity contribution < 1.29 is 4.74 Å². The lowest BCUT2D eigenvalue weighted by atomic mass is 10.1. The minimum absolute atomic E-state index is 0.0991. The van der Waals surface area contributed by atoms with E-state index in [0.717, 1.165) is 11.3 Å². The fraction of sp³-hybridized carbons (Fsp3) is 0.125. The molecule has 2 aromatic carbocycles. The summed E-state index contributed by atoms with van der Waals surface area (Å²) in [6, 6.07) is 16.9. The molecule has 0 aliphatic carbocycles. The summed E-state index contributed by atoms with van der Waals surface area (Å²) in [6.07, 6.45) is 0.0991. The van der Waals surface area contributed by atoms with Gasteiger partial charge in [-0.3, -0.25) is 0 Å². The van der Waals surface area contributed by atoms with E-state index in [1.54, 1.807) is 0 Å². The molecule has 3 nitrogen and oxygen atoms in total. The van der Waals surface area contributed by atoms with Crippen molar-refractivity contribution in [2.24, 2.45) is 0 Å². The molecule has 0 radical (unpaired) electrons. The number of rotatable bonds is 0. The molecular weight excluding hydrogens is 236 g/mol. The van der Waals surface area contributed by atoms with Crippen LogP contribution in [0.25, 0.3) is 10.9 Å². The van der Waals surface area contributed by atoms with Crippen molar-refractivity contribution in [1.29, 1.82) is 0 Å². The molecule has 3 heteroatoms. The third-order valence-electron chi connectivity index (χ3n) is 4.12. The Bertz CT molecular complexity index is 805. The normalized spacial score (nSPS) is 22.5. The first kappa shape index (κ1) is 9.50. The number of hydrogen-bond acceptors (Lipinski definition) is 2. The third-order valence-corrected chi connectivity index (χ3v) is 4.12. The number of para-hydroxylation sites is 2. The maximum atomic E-state index is 6.22. The van der Waals surface area contributed by atoms with Gasteiger partial charge in [0.2, 0.25) is 0 Å². The molecule has 1 aromatic heterocycles. The summed E-state index contributed by atoms with van der Waals surface area (Å²) in [5.74, 6) is 1.01.